The molecular formula is C25H35F3N2O2. The second-order valence-electron chi connectivity index (χ2n) is 8.21. The highest BCUT2D eigenvalue weighted by Gasteiger charge is 2.37. The van der Waals surface area contributed by atoms with Gasteiger partial charge >= 0.3 is 6.18 Å². The van der Waals surface area contributed by atoms with Gasteiger partial charge < -0.3 is 9.84 Å². The van der Waals surface area contributed by atoms with Gasteiger partial charge in [-0.15, -0.1) is 0 Å². The van der Waals surface area contributed by atoms with Gasteiger partial charge in [-0.05, 0) is 31.2 Å². The molecule has 1 aromatic heterocycles. The first-order valence-electron chi connectivity index (χ1n) is 11.7. The van der Waals surface area contributed by atoms with Gasteiger partial charge in [-0.2, -0.15) is 13.2 Å². The van der Waals surface area contributed by atoms with Crippen molar-refractivity contribution in [2.75, 3.05) is 6.61 Å². The first-order chi connectivity index (χ1) is 15.4. The molecule has 0 saturated carbocycles. The van der Waals surface area contributed by atoms with E-state index >= 15 is 0 Å². The molecule has 2 aromatic rings. The number of nitrogens with zero attached hydrogens (tertiary/aromatic N) is 2. The zero-order chi connectivity index (χ0) is 23.2. The fraction of sp³-hybridized carbons (Fsp3) is 0.600. The molecule has 0 radical (unpaired) electrons. The molecule has 1 unspecified atom stereocenters. The van der Waals surface area contributed by atoms with Crippen molar-refractivity contribution < 1.29 is 23.0 Å². The van der Waals surface area contributed by atoms with E-state index in [2.05, 4.69) is 16.9 Å². The molecule has 1 aromatic carbocycles. The molecular weight excluding hydrogens is 417 g/mol. The lowest BCUT2D eigenvalue weighted by atomic mass is 10.0. The van der Waals surface area contributed by atoms with Crippen LogP contribution in [0.2, 0.25) is 0 Å². The average Bonchev–Trinajstić information content (AvgIpc) is 2.78. The van der Waals surface area contributed by atoms with Crippen LogP contribution >= 0.6 is 0 Å². The number of halogens is 3. The molecule has 0 amide bonds. The van der Waals surface area contributed by atoms with E-state index in [0.29, 0.717) is 24.6 Å². The largest absolute Gasteiger partial charge is 0.490 e. The number of benzene rings is 1. The summed E-state index contributed by atoms with van der Waals surface area (Å²) in [4.78, 5) is 8.71. The number of hydrogen-bond acceptors (Lipinski definition) is 4. The van der Waals surface area contributed by atoms with Crippen molar-refractivity contribution in [1.82, 2.24) is 9.97 Å². The number of hydrogen-bond donors (Lipinski definition) is 1. The van der Waals surface area contributed by atoms with E-state index in [-0.39, 0.29) is 12.8 Å². The zero-order valence-electron chi connectivity index (χ0n) is 18.9. The molecule has 0 bridgehead atoms. The van der Waals surface area contributed by atoms with E-state index in [0.717, 1.165) is 17.5 Å². The van der Waals surface area contributed by atoms with Crippen molar-refractivity contribution in [3.8, 4) is 17.1 Å². The van der Waals surface area contributed by atoms with E-state index in [4.69, 9.17) is 9.84 Å². The van der Waals surface area contributed by atoms with Crippen LogP contribution in [0.15, 0.2) is 36.7 Å². The summed E-state index contributed by atoms with van der Waals surface area (Å²) in [5.74, 6) is 1.22. The van der Waals surface area contributed by atoms with Crippen LogP contribution < -0.4 is 4.74 Å². The summed E-state index contributed by atoms with van der Waals surface area (Å²) in [7, 11) is 0. The number of aryl methyl sites for hydroxylation is 1. The van der Waals surface area contributed by atoms with Crippen LogP contribution in [0.5, 0.6) is 5.75 Å². The third-order valence-electron chi connectivity index (χ3n) is 5.43. The van der Waals surface area contributed by atoms with Crippen LogP contribution in [0.3, 0.4) is 0 Å². The summed E-state index contributed by atoms with van der Waals surface area (Å²) in [5.41, 5.74) is 1.74. The van der Waals surface area contributed by atoms with Gasteiger partial charge in [0.15, 0.2) is 11.6 Å². The number of ether oxygens (including phenoxy) is 1. The number of aliphatic hydroxyl groups is 1. The summed E-state index contributed by atoms with van der Waals surface area (Å²) >= 11 is 0. The van der Waals surface area contributed by atoms with Gasteiger partial charge in [-0.3, -0.25) is 0 Å². The van der Waals surface area contributed by atoms with Gasteiger partial charge in [0.25, 0.3) is 0 Å². The molecule has 178 valence electrons. The molecule has 1 N–H and O–H groups in total. The number of aliphatic hydroxyl groups excluding tert-OH is 1. The Morgan fingerprint density at radius 2 is 1.47 bits per heavy atom. The molecule has 0 spiro atoms. The highest BCUT2D eigenvalue weighted by atomic mass is 19.4. The van der Waals surface area contributed by atoms with Crippen LogP contribution in [0.25, 0.3) is 11.4 Å². The number of rotatable bonds is 15. The zero-order valence-corrected chi connectivity index (χ0v) is 18.9. The molecule has 0 fully saturated rings. The molecule has 0 aliphatic carbocycles. The molecule has 0 saturated heterocycles. The third-order valence-corrected chi connectivity index (χ3v) is 5.43. The van der Waals surface area contributed by atoms with Crippen molar-refractivity contribution in [2.45, 2.75) is 89.8 Å². The second kappa shape index (κ2) is 14.1. The number of aromatic nitrogens is 2. The minimum absolute atomic E-state index is 0.265. The van der Waals surface area contributed by atoms with Crippen molar-refractivity contribution in [2.24, 2.45) is 0 Å². The van der Waals surface area contributed by atoms with Crippen LogP contribution in [-0.2, 0) is 6.42 Å². The van der Waals surface area contributed by atoms with E-state index in [1.807, 2.05) is 24.3 Å². The molecule has 1 heterocycles. The molecule has 4 nitrogen and oxygen atoms in total. The Balaban J connectivity index is 1.68. The highest BCUT2D eigenvalue weighted by molar-refractivity contribution is 5.55. The smallest absolute Gasteiger partial charge is 0.414 e. The maximum absolute atomic E-state index is 12.3. The lowest BCUT2D eigenvalue weighted by Crippen LogP contribution is -2.28. The van der Waals surface area contributed by atoms with Gasteiger partial charge in [-0.25, -0.2) is 9.97 Å². The van der Waals surface area contributed by atoms with E-state index in [1.165, 1.54) is 44.9 Å². The quantitative estimate of drug-likeness (QED) is 0.298. The number of unbranched alkanes of at least 4 members (excludes halogenated alkanes) is 7. The average molecular weight is 453 g/mol. The third kappa shape index (κ3) is 9.98. The Morgan fingerprint density at radius 1 is 0.875 bits per heavy atom. The fourth-order valence-corrected chi connectivity index (χ4v) is 3.45. The lowest BCUT2D eigenvalue weighted by Gasteiger charge is -2.14. The number of alkyl halides is 3. The SMILES string of the molecule is CCCCCCCCCCOc1cnc(-c2ccc(CCCC(O)C(F)(F)F)cc2)nc1. The van der Waals surface area contributed by atoms with Crippen LogP contribution in [0, 0.1) is 0 Å². The Hall–Kier alpha value is -2.15. The first-order valence-corrected chi connectivity index (χ1v) is 11.7. The molecule has 1 atom stereocenters. The van der Waals surface area contributed by atoms with Crippen LogP contribution in [0.4, 0.5) is 13.2 Å². The first kappa shape index (κ1) is 26.1. The van der Waals surface area contributed by atoms with Crippen LogP contribution in [0.1, 0.15) is 76.7 Å². The van der Waals surface area contributed by atoms with Crippen molar-refractivity contribution in [1.29, 1.82) is 0 Å². The normalized spacial score (nSPS) is 12.7. The lowest BCUT2D eigenvalue weighted by molar-refractivity contribution is -0.205. The standard InChI is InChI=1S/C25H35F3N2O2/c1-2-3-4-5-6-7-8-9-17-32-22-18-29-24(30-19-22)21-15-13-20(14-16-21)11-10-12-23(31)25(26,27)28/h13-16,18-19,23,31H,2-12,17H2,1H3. The Kier molecular flexibility index (Phi) is 11.5. The summed E-state index contributed by atoms with van der Waals surface area (Å²) in [6.45, 7) is 2.89. The molecule has 32 heavy (non-hydrogen) atoms. The maximum atomic E-state index is 12.3. The molecule has 0 aliphatic rings. The van der Waals surface area contributed by atoms with Crippen molar-refractivity contribution >= 4 is 0 Å². The summed E-state index contributed by atoms with van der Waals surface area (Å²) < 4.78 is 42.7. The minimum atomic E-state index is -4.55. The fourth-order valence-electron chi connectivity index (χ4n) is 3.45. The summed E-state index contributed by atoms with van der Waals surface area (Å²) in [6, 6.07) is 7.41. The molecule has 0 aliphatic heterocycles. The maximum Gasteiger partial charge on any atom is 0.414 e. The predicted molar refractivity (Wildman–Crippen MR) is 121 cm³/mol. The van der Waals surface area contributed by atoms with Gasteiger partial charge in [-0.1, -0.05) is 76.1 Å². The topological polar surface area (TPSA) is 55.2 Å². The van der Waals surface area contributed by atoms with Crippen molar-refractivity contribution in [3.63, 3.8) is 0 Å². The van der Waals surface area contributed by atoms with Gasteiger partial charge in [0, 0.05) is 5.56 Å². The molecule has 2 rings (SSSR count). The summed E-state index contributed by atoms with van der Waals surface area (Å²) in [6.07, 6.45) is 6.99. The monoisotopic (exact) mass is 452 g/mol. The van der Waals surface area contributed by atoms with Gasteiger partial charge in [0.05, 0.1) is 19.0 Å². The Bertz CT molecular complexity index is 749. The second-order valence-corrected chi connectivity index (χ2v) is 8.21. The van der Waals surface area contributed by atoms with Gasteiger partial charge in [0.2, 0.25) is 0 Å². The molecule has 7 heteroatoms. The highest BCUT2D eigenvalue weighted by Crippen LogP contribution is 2.24. The van der Waals surface area contributed by atoms with E-state index < -0.39 is 12.3 Å². The van der Waals surface area contributed by atoms with Gasteiger partial charge in [0.1, 0.15) is 6.10 Å². The Labute approximate surface area is 189 Å². The van der Waals surface area contributed by atoms with E-state index in [1.54, 1.807) is 12.4 Å². The van der Waals surface area contributed by atoms with Crippen LogP contribution in [-0.4, -0.2) is 34.0 Å². The van der Waals surface area contributed by atoms with E-state index in [9.17, 15) is 13.2 Å². The minimum Gasteiger partial charge on any atom is -0.490 e. The Morgan fingerprint density at radius 3 is 2.06 bits per heavy atom. The van der Waals surface area contributed by atoms with Crippen molar-refractivity contribution in [3.05, 3.63) is 42.2 Å². The summed E-state index contributed by atoms with van der Waals surface area (Å²) in [5, 5.41) is 9.06. The predicted octanol–water partition coefficient (Wildman–Crippen LogP) is 6.91.